The molecule has 0 aliphatic heterocycles. The Kier molecular flexibility index (Phi) is 4.14. The number of fused-ring (bicyclic) bond motifs is 2. The number of aromatic nitrogens is 4. The highest BCUT2D eigenvalue weighted by molar-refractivity contribution is 5.77. The molecule has 1 aromatic carbocycles. The summed E-state index contributed by atoms with van der Waals surface area (Å²) in [5.74, 6) is 1.12. The van der Waals surface area contributed by atoms with Crippen LogP contribution in [0.5, 0.6) is 0 Å². The van der Waals surface area contributed by atoms with E-state index in [-0.39, 0.29) is 10.8 Å². The van der Waals surface area contributed by atoms with Crippen molar-refractivity contribution in [3.8, 4) is 0 Å². The van der Waals surface area contributed by atoms with Gasteiger partial charge in [-0.3, -0.25) is 0 Å². The maximum Gasteiger partial charge on any atom is 0.139 e. The second kappa shape index (κ2) is 6.20. The lowest BCUT2D eigenvalue weighted by Crippen LogP contribution is -2.22. The Balaban J connectivity index is 1.71. The highest BCUT2D eigenvalue weighted by Gasteiger charge is 2.25. The fourth-order valence-electron chi connectivity index (χ4n) is 4.13. The van der Waals surface area contributed by atoms with Crippen LogP contribution in [0.1, 0.15) is 51.7 Å². The molecule has 4 heteroatoms. The van der Waals surface area contributed by atoms with Gasteiger partial charge in [0.15, 0.2) is 0 Å². The average Bonchev–Trinajstić information content (AvgIpc) is 3.15. The average molecular weight is 375 g/mol. The second-order valence-corrected chi connectivity index (χ2v) is 9.66. The van der Waals surface area contributed by atoms with Gasteiger partial charge in [0.05, 0.1) is 11.0 Å². The molecule has 3 aromatic heterocycles. The van der Waals surface area contributed by atoms with Gasteiger partial charge in [0.1, 0.15) is 11.5 Å². The number of benzene rings is 1. The van der Waals surface area contributed by atoms with Crippen molar-refractivity contribution in [1.29, 1.82) is 0 Å². The van der Waals surface area contributed by atoms with Crippen LogP contribution in [0, 0.1) is 0 Å². The van der Waals surface area contributed by atoms with E-state index in [1.54, 1.807) is 0 Å². The van der Waals surface area contributed by atoms with Gasteiger partial charge < -0.3 is 9.13 Å². The number of hydrogen-bond acceptors (Lipinski definition) is 2. The minimum atomic E-state index is -0.0579. The number of imidazole rings is 1. The third-order valence-corrected chi connectivity index (χ3v) is 5.67. The van der Waals surface area contributed by atoms with E-state index in [0.717, 1.165) is 29.1 Å². The summed E-state index contributed by atoms with van der Waals surface area (Å²) in [7, 11) is 4.17. The van der Waals surface area contributed by atoms with Gasteiger partial charge in [-0.05, 0) is 42.3 Å². The zero-order valence-corrected chi connectivity index (χ0v) is 18.0. The third-order valence-electron chi connectivity index (χ3n) is 5.67. The Labute approximate surface area is 167 Å². The molecule has 146 valence electrons. The number of aryl methyl sites for hydroxylation is 2. The van der Waals surface area contributed by atoms with Crippen molar-refractivity contribution >= 4 is 22.1 Å². The van der Waals surface area contributed by atoms with Crippen LogP contribution in [-0.2, 0) is 31.3 Å². The summed E-state index contributed by atoms with van der Waals surface area (Å²) in [6.45, 7) is 11.2. The zero-order valence-electron chi connectivity index (χ0n) is 18.0. The molecule has 0 bridgehead atoms. The molecule has 0 aliphatic carbocycles. The van der Waals surface area contributed by atoms with Crippen LogP contribution in [-0.4, -0.2) is 19.1 Å². The minimum absolute atomic E-state index is 0.0294. The maximum atomic E-state index is 4.96. The molecule has 0 amide bonds. The molecule has 0 aliphatic rings. The molecule has 3 heterocycles. The number of hydrogen-bond donors (Lipinski definition) is 0. The lowest BCUT2D eigenvalue weighted by atomic mass is 9.82. The van der Waals surface area contributed by atoms with Gasteiger partial charge in [-0.1, -0.05) is 40.7 Å². The van der Waals surface area contributed by atoms with E-state index in [2.05, 4.69) is 100 Å². The fraction of sp³-hybridized carbons (Fsp3) is 0.417. The Morgan fingerprint density at radius 1 is 0.893 bits per heavy atom. The lowest BCUT2D eigenvalue weighted by Gasteiger charge is -2.24. The van der Waals surface area contributed by atoms with Gasteiger partial charge in [0.25, 0.3) is 0 Å². The molecule has 4 aromatic rings. The van der Waals surface area contributed by atoms with E-state index in [1.807, 2.05) is 0 Å². The predicted molar refractivity (Wildman–Crippen MR) is 117 cm³/mol. The smallest absolute Gasteiger partial charge is 0.139 e. The van der Waals surface area contributed by atoms with Crippen LogP contribution >= 0.6 is 0 Å². The van der Waals surface area contributed by atoms with Crippen LogP contribution < -0.4 is 0 Å². The fourth-order valence-corrected chi connectivity index (χ4v) is 4.13. The third kappa shape index (κ3) is 3.11. The summed E-state index contributed by atoms with van der Waals surface area (Å²) >= 11 is 0. The van der Waals surface area contributed by atoms with Crippen LogP contribution in [0.15, 0.2) is 42.6 Å². The van der Waals surface area contributed by atoms with E-state index in [0.29, 0.717) is 0 Å². The zero-order chi connectivity index (χ0) is 20.3. The monoisotopic (exact) mass is 374 g/mol. The van der Waals surface area contributed by atoms with Gasteiger partial charge in [-0.25, -0.2) is 9.97 Å². The van der Waals surface area contributed by atoms with Crippen molar-refractivity contribution in [3.05, 3.63) is 59.7 Å². The van der Waals surface area contributed by atoms with E-state index >= 15 is 0 Å². The molecule has 0 saturated carbocycles. The first kappa shape index (κ1) is 18.7. The summed E-state index contributed by atoms with van der Waals surface area (Å²) in [5.41, 5.74) is 5.72. The summed E-state index contributed by atoms with van der Waals surface area (Å²) in [5, 5.41) is 1.19. The van der Waals surface area contributed by atoms with E-state index in [9.17, 15) is 0 Å². The Bertz CT molecular complexity index is 1170. The van der Waals surface area contributed by atoms with E-state index in [1.165, 1.54) is 16.5 Å². The van der Waals surface area contributed by atoms with Gasteiger partial charge >= 0.3 is 0 Å². The summed E-state index contributed by atoms with van der Waals surface area (Å²) in [4.78, 5) is 9.83. The Hall–Kier alpha value is -2.62. The first-order valence-electron chi connectivity index (χ1n) is 9.95. The topological polar surface area (TPSA) is 35.6 Å². The van der Waals surface area contributed by atoms with Gasteiger partial charge in [0, 0.05) is 42.2 Å². The lowest BCUT2D eigenvalue weighted by molar-refractivity contribution is 0.506. The summed E-state index contributed by atoms with van der Waals surface area (Å²) in [6.07, 6.45) is 3.00. The minimum Gasteiger partial charge on any atom is -0.336 e. The highest BCUT2D eigenvalue weighted by atomic mass is 15.1. The molecule has 4 nitrogen and oxygen atoms in total. The van der Waals surface area contributed by atoms with Crippen LogP contribution in [0.3, 0.4) is 0 Å². The molecule has 4 rings (SSSR count). The van der Waals surface area contributed by atoms with E-state index in [4.69, 9.17) is 9.97 Å². The molecular weight excluding hydrogens is 344 g/mol. The van der Waals surface area contributed by atoms with Crippen LogP contribution in [0.4, 0.5) is 0 Å². The number of rotatable bonds is 3. The SMILES string of the molecule is Cn1ccc2ccc(C(C)(C)Cc3ccc4nc(C(C)(C)C)n(C)c4c3)nc21. The first-order valence-corrected chi connectivity index (χ1v) is 9.95. The molecule has 0 fully saturated rings. The van der Waals surface area contributed by atoms with Crippen molar-refractivity contribution in [2.24, 2.45) is 14.1 Å². The Morgan fingerprint density at radius 2 is 1.64 bits per heavy atom. The Morgan fingerprint density at radius 3 is 2.36 bits per heavy atom. The van der Waals surface area contributed by atoms with Gasteiger partial charge in [-0.2, -0.15) is 0 Å². The normalized spacial score (nSPS) is 13.0. The van der Waals surface area contributed by atoms with Crippen LogP contribution in [0.2, 0.25) is 0 Å². The van der Waals surface area contributed by atoms with Crippen molar-refractivity contribution < 1.29 is 0 Å². The van der Waals surface area contributed by atoms with E-state index < -0.39 is 0 Å². The molecule has 0 N–H and O–H groups in total. The molecule has 0 radical (unpaired) electrons. The summed E-state index contributed by atoms with van der Waals surface area (Å²) in [6, 6.07) is 13.1. The quantitative estimate of drug-likeness (QED) is 0.489. The van der Waals surface area contributed by atoms with Crippen LogP contribution in [0.25, 0.3) is 22.1 Å². The largest absolute Gasteiger partial charge is 0.336 e. The molecule has 0 unspecified atom stereocenters. The van der Waals surface area contributed by atoms with Gasteiger partial charge in [-0.15, -0.1) is 0 Å². The second-order valence-electron chi connectivity index (χ2n) is 9.66. The maximum absolute atomic E-state index is 4.96. The number of nitrogens with zero attached hydrogens (tertiary/aromatic N) is 4. The molecule has 0 atom stereocenters. The first-order chi connectivity index (χ1) is 13.1. The van der Waals surface area contributed by atoms with Gasteiger partial charge in [0.2, 0.25) is 0 Å². The predicted octanol–water partition coefficient (Wildman–Crippen LogP) is 5.28. The van der Waals surface area contributed by atoms with Crippen molar-refractivity contribution in [3.63, 3.8) is 0 Å². The summed E-state index contributed by atoms with van der Waals surface area (Å²) < 4.78 is 4.32. The van der Waals surface area contributed by atoms with Crippen molar-refractivity contribution in [1.82, 2.24) is 19.1 Å². The highest BCUT2D eigenvalue weighted by Crippen LogP contribution is 2.30. The molecular formula is C24H30N4. The van der Waals surface area contributed by atoms with Crippen molar-refractivity contribution in [2.75, 3.05) is 0 Å². The number of pyridine rings is 1. The molecule has 0 saturated heterocycles. The standard InChI is InChI=1S/C24H30N4/c1-23(2,3)22-25-18-10-8-16(14-19(18)28(22)7)15-24(4,5)20-11-9-17-12-13-27(6)21(17)26-20/h8-14H,15H2,1-7H3. The molecule has 28 heavy (non-hydrogen) atoms. The molecule has 0 spiro atoms. The van der Waals surface area contributed by atoms with Crippen molar-refractivity contribution in [2.45, 2.75) is 51.9 Å².